The summed E-state index contributed by atoms with van der Waals surface area (Å²) >= 11 is 0. The van der Waals surface area contributed by atoms with E-state index in [1.165, 1.54) is 12.1 Å². The summed E-state index contributed by atoms with van der Waals surface area (Å²) in [6.45, 7) is 0. The number of amides is 1. The maximum atomic E-state index is 12.5. The third-order valence-corrected chi connectivity index (χ3v) is 5.48. The molecule has 0 aromatic heterocycles. The van der Waals surface area contributed by atoms with Gasteiger partial charge in [0.15, 0.2) is 9.84 Å². The zero-order chi connectivity index (χ0) is 17.3. The first-order valence-corrected chi connectivity index (χ1v) is 8.94. The van der Waals surface area contributed by atoms with Crippen LogP contribution in [0.4, 0.5) is 5.69 Å². The topological polar surface area (TPSA) is 101 Å². The fourth-order valence-electron chi connectivity index (χ4n) is 2.63. The predicted molar refractivity (Wildman–Crippen MR) is 87.4 cm³/mol. The van der Waals surface area contributed by atoms with Crippen molar-refractivity contribution in [3.8, 4) is 0 Å². The number of carboxylic acid groups (broad SMARTS) is 1. The molecule has 24 heavy (non-hydrogen) atoms. The second kappa shape index (κ2) is 6.09. The van der Waals surface area contributed by atoms with Crippen molar-refractivity contribution in [1.82, 2.24) is 0 Å². The standard InChI is InChI=1S/C17H15NO5S/c19-16-9-13-8-14(5-6-15(13)18-16)24(22,23)10-12-3-1-11(2-4-12)7-17(20)21/h1-6,8H,7,9-10H2,(H,18,19)(H,20,21). The molecule has 0 radical (unpaired) electrons. The minimum absolute atomic E-state index is 0.0983. The van der Waals surface area contributed by atoms with Crippen LogP contribution in [0.2, 0.25) is 0 Å². The zero-order valence-electron chi connectivity index (χ0n) is 12.7. The van der Waals surface area contributed by atoms with Gasteiger partial charge in [-0.3, -0.25) is 9.59 Å². The molecule has 7 heteroatoms. The van der Waals surface area contributed by atoms with E-state index in [4.69, 9.17) is 5.11 Å². The number of fused-ring (bicyclic) bond motifs is 1. The van der Waals surface area contributed by atoms with Crippen LogP contribution in [-0.2, 0) is 38.0 Å². The van der Waals surface area contributed by atoms with Crippen LogP contribution in [0, 0.1) is 0 Å². The molecule has 0 spiro atoms. The van der Waals surface area contributed by atoms with Crippen molar-refractivity contribution >= 4 is 27.4 Å². The largest absolute Gasteiger partial charge is 0.481 e. The maximum absolute atomic E-state index is 12.5. The summed E-state index contributed by atoms with van der Waals surface area (Å²) in [6.07, 6.45) is 0.0848. The molecule has 6 nitrogen and oxygen atoms in total. The minimum atomic E-state index is -3.54. The van der Waals surface area contributed by atoms with E-state index in [1.807, 2.05) is 0 Å². The Hall–Kier alpha value is -2.67. The van der Waals surface area contributed by atoms with E-state index in [0.717, 1.165) is 0 Å². The Morgan fingerprint density at radius 1 is 1.08 bits per heavy atom. The molecule has 0 unspecified atom stereocenters. The Morgan fingerprint density at radius 3 is 2.42 bits per heavy atom. The molecule has 2 aromatic rings. The average molecular weight is 345 g/mol. The van der Waals surface area contributed by atoms with Gasteiger partial charge in [-0.2, -0.15) is 0 Å². The van der Waals surface area contributed by atoms with E-state index in [0.29, 0.717) is 22.4 Å². The van der Waals surface area contributed by atoms with Crippen LogP contribution in [0.3, 0.4) is 0 Å². The van der Waals surface area contributed by atoms with Gasteiger partial charge in [0.25, 0.3) is 0 Å². The number of benzene rings is 2. The smallest absolute Gasteiger partial charge is 0.307 e. The molecule has 1 heterocycles. The van der Waals surface area contributed by atoms with Gasteiger partial charge in [-0.15, -0.1) is 0 Å². The van der Waals surface area contributed by atoms with Gasteiger partial charge in [-0.1, -0.05) is 24.3 Å². The van der Waals surface area contributed by atoms with Crippen molar-refractivity contribution in [3.63, 3.8) is 0 Å². The van der Waals surface area contributed by atoms with Gasteiger partial charge in [0.05, 0.1) is 23.5 Å². The van der Waals surface area contributed by atoms with Gasteiger partial charge < -0.3 is 10.4 Å². The quantitative estimate of drug-likeness (QED) is 0.860. The molecule has 2 aromatic carbocycles. The molecule has 1 amide bonds. The molecule has 0 bridgehead atoms. The van der Waals surface area contributed by atoms with Crippen molar-refractivity contribution < 1.29 is 23.1 Å². The molecule has 1 aliphatic rings. The number of carbonyl (C=O) groups excluding carboxylic acids is 1. The van der Waals surface area contributed by atoms with Crippen LogP contribution in [-0.4, -0.2) is 25.4 Å². The van der Waals surface area contributed by atoms with Gasteiger partial charge in [0.1, 0.15) is 0 Å². The van der Waals surface area contributed by atoms with Crippen LogP contribution >= 0.6 is 0 Å². The first-order chi connectivity index (χ1) is 11.3. The Bertz CT molecular complexity index is 916. The van der Waals surface area contributed by atoms with Crippen LogP contribution in [0.15, 0.2) is 47.4 Å². The zero-order valence-corrected chi connectivity index (χ0v) is 13.5. The highest BCUT2D eigenvalue weighted by atomic mass is 32.2. The van der Waals surface area contributed by atoms with E-state index in [9.17, 15) is 18.0 Å². The lowest BCUT2D eigenvalue weighted by molar-refractivity contribution is -0.136. The van der Waals surface area contributed by atoms with E-state index < -0.39 is 15.8 Å². The molecule has 124 valence electrons. The number of aliphatic carboxylic acids is 1. The van der Waals surface area contributed by atoms with Crippen molar-refractivity contribution in [2.75, 3.05) is 5.32 Å². The molecule has 0 aliphatic carbocycles. The molecule has 0 fully saturated rings. The summed E-state index contributed by atoms with van der Waals surface area (Å²) in [5, 5.41) is 11.4. The second-order valence-corrected chi connectivity index (χ2v) is 7.68. The van der Waals surface area contributed by atoms with Crippen LogP contribution in [0.1, 0.15) is 16.7 Å². The van der Waals surface area contributed by atoms with Crippen molar-refractivity contribution in [2.45, 2.75) is 23.5 Å². The number of anilines is 1. The van der Waals surface area contributed by atoms with E-state index in [1.54, 1.807) is 30.3 Å². The predicted octanol–water partition coefficient (Wildman–Crippen LogP) is 1.78. The van der Waals surface area contributed by atoms with Gasteiger partial charge in [0, 0.05) is 5.69 Å². The van der Waals surface area contributed by atoms with E-state index in [2.05, 4.69) is 5.32 Å². The number of hydrogen-bond donors (Lipinski definition) is 2. The maximum Gasteiger partial charge on any atom is 0.307 e. The second-order valence-electron chi connectivity index (χ2n) is 5.69. The lowest BCUT2D eigenvalue weighted by Gasteiger charge is -2.07. The normalized spacial score (nSPS) is 13.4. The number of sulfone groups is 1. The van der Waals surface area contributed by atoms with Crippen LogP contribution in [0.5, 0.6) is 0 Å². The lowest BCUT2D eigenvalue weighted by atomic mass is 10.1. The number of rotatable bonds is 5. The first kappa shape index (κ1) is 16.2. The van der Waals surface area contributed by atoms with Crippen molar-refractivity contribution in [2.24, 2.45) is 0 Å². The number of carboxylic acids is 1. The van der Waals surface area contributed by atoms with E-state index >= 15 is 0 Å². The molecule has 0 atom stereocenters. The highest BCUT2D eigenvalue weighted by molar-refractivity contribution is 7.90. The summed E-state index contributed by atoms with van der Waals surface area (Å²) < 4.78 is 25.1. The molecule has 2 N–H and O–H groups in total. The molecule has 0 saturated carbocycles. The monoisotopic (exact) mass is 345 g/mol. The van der Waals surface area contributed by atoms with Crippen LogP contribution in [0.25, 0.3) is 0 Å². The number of carbonyl (C=O) groups is 2. The highest BCUT2D eigenvalue weighted by Gasteiger charge is 2.22. The summed E-state index contributed by atoms with van der Waals surface area (Å²) in [5.74, 6) is -1.26. The third kappa shape index (κ3) is 3.46. The molecule has 3 rings (SSSR count). The van der Waals surface area contributed by atoms with Crippen LogP contribution < -0.4 is 5.32 Å². The fourth-order valence-corrected chi connectivity index (χ4v) is 4.02. The van der Waals surface area contributed by atoms with Gasteiger partial charge in [0.2, 0.25) is 5.91 Å². The third-order valence-electron chi connectivity index (χ3n) is 3.80. The van der Waals surface area contributed by atoms with Gasteiger partial charge in [-0.05, 0) is 34.9 Å². The first-order valence-electron chi connectivity index (χ1n) is 7.29. The average Bonchev–Trinajstić information content (AvgIpc) is 2.87. The minimum Gasteiger partial charge on any atom is -0.481 e. The molecule has 0 saturated heterocycles. The number of nitrogens with one attached hydrogen (secondary N) is 1. The SMILES string of the molecule is O=C(O)Cc1ccc(CS(=O)(=O)c2ccc3c(c2)CC(=O)N3)cc1. The van der Waals surface area contributed by atoms with E-state index in [-0.39, 0.29) is 29.4 Å². The summed E-state index contributed by atoms with van der Waals surface area (Å²) in [7, 11) is -3.54. The Balaban J connectivity index is 1.80. The molecule has 1 aliphatic heterocycles. The van der Waals surface area contributed by atoms with Crippen molar-refractivity contribution in [1.29, 1.82) is 0 Å². The highest BCUT2D eigenvalue weighted by Crippen LogP contribution is 2.27. The van der Waals surface area contributed by atoms with Gasteiger partial charge in [-0.25, -0.2) is 8.42 Å². The summed E-state index contributed by atoms with van der Waals surface area (Å²) in [5.41, 5.74) is 2.53. The van der Waals surface area contributed by atoms with Gasteiger partial charge >= 0.3 is 5.97 Å². The van der Waals surface area contributed by atoms with Crippen molar-refractivity contribution in [3.05, 3.63) is 59.2 Å². The summed E-state index contributed by atoms with van der Waals surface area (Å²) in [4.78, 5) is 22.2. The Kier molecular flexibility index (Phi) is 4.11. The Labute approximate surface area is 139 Å². The Morgan fingerprint density at radius 2 is 1.75 bits per heavy atom. The molecular formula is C17H15NO5S. The number of hydrogen-bond acceptors (Lipinski definition) is 4. The summed E-state index contributed by atoms with van der Waals surface area (Å²) in [6, 6.07) is 11.1. The fraction of sp³-hybridized carbons (Fsp3) is 0.176. The molecular weight excluding hydrogens is 330 g/mol. The lowest BCUT2D eigenvalue weighted by Crippen LogP contribution is -2.06.